The van der Waals surface area contributed by atoms with Gasteiger partial charge in [-0.1, -0.05) is 6.92 Å². The van der Waals surface area contributed by atoms with Crippen molar-refractivity contribution in [1.82, 2.24) is 9.80 Å². The lowest BCUT2D eigenvalue weighted by atomic mass is 10.1. The first-order chi connectivity index (χ1) is 5.65. The minimum Gasteiger partial charge on any atom is -0.301 e. The number of nitrogens with zero attached hydrogens (tertiary/aromatic N) is 2. The summed E-state index contributed by atoms with van der Waals surface area (Å²) in [5, 5.41) is 0. The molecule has 0 aromatic rings. The van der Waals surface area contributed by atoms with Crippen molar-refractivity contribution < 1.29 is 0 Å². The van der Waals surface area contributed by atoms with Crippen molar-refractivity contribution >= 4 is 0 Å². The van der Waals surface area contributed by atoms with E-state index in [1.807, 2.05) is 0 Å². The van der Waals surface area contributed by atoms with E-state index in [9.17, 15) is 0 Å². The molecular formula is C10H22N2. The largest absolute Gasteiger partial charge is 0.301 e. The predicted molar refractivity (Wildman–Crippen MR) is 53.4 cm³/mol. The lowest BCUT2D eigenvalue weighted by molar-refractivity contribution is 0.0603. The van der Waals surface area contributed by atoms with Crippen molar-refractivity contribution in [3.05, 3.63) is 0 Å². The van der Waals surface area contributed by atoms with Gasteiger partial charge in [0.25, 0.3) is 0 Å². The summed E-state index contributed by atoms with van der Waals surface area (Å²) in [5.41, 5.74) is 0. The third-order valence-corrected chi connectivity index (χ3v) is 2.94. The average Bonchev–Trinajstić information content (AvgIpc) is 2.01. The van der Waals surface area contributed by atoms with Gasteiger partial charge in [-0.2, -0.15) is 0 Å². The van der Waals surface area contributed by atoms with Crippen LogP contribution in [0.4, 0.5) is 0 Å². The van der Waals surface area contributed by atoms with Crippen LogP contribution < -0.4 is 0 Å². The van der Waals surface area contributed by atoms with Gasteiger partial charge in [-0.25, -0.2) is 0 Å². The van der Waals surface area contributed by atoms with Gasteiger partial charge in [0, 0.05) is 25.2 Å². The Bertz CT molecular complexity index is 136. The lowest BCUT2D eigenvalue weighted by Crippen LogP contribution is -2.54. The molecule has 0 aromatic heterocycles. The van der Waals surface area contributed by atoms with Gasteiger partial charge in [-0.3, -0.25) is 4.90 Å². The Morgan fingerprint density at radius 3 is 2.42 bits per heavy atom. The lowest BCUT2D eigenvalue weighted by Gasteiger charge is -2.42. The molecule has 72 valence electrons. The predicted octanol–water partition coefficient (Wildman–Crippen LogP) is 1.42. The summed E-state index contributed by atoms with van der Waals surface area (Å²) >= 11 is 0. The first kappa shape index (κ1) is 10.0. The number of likely N-dealkylation sites (N-methyl/N-ethyl adjacent to an activating group) is 1. The van der Waals surface area contributed by atoms with Crippen LogP contribution in [0.2, 0.25) is 0 Å². The van der Waals surface area contributed by atoms with Gasteiger partial charge in [0.15, 0.2) is 0 Å². The molecule has 0 aliphatic carbocycles. The van der Waals surface area contributed by atoms with E-state index in [1.165, 1.54) is 26.1 Å². The highest BCUT2D eigenvalue weighted by molar-refractivity contribution is 4.82. The summed E-state index contributed by atoms with van der Waals surface area (Å²) < 4.78 is 0. The third-order valence-electron chi connectivity index (χ3n) is 2.94. The number of hydrogen-bond acceptors (Lipinski definition) is 2. The smallest absolute Gasteiger partial charge is 0.0195 e. The van der Waals surface area contributed by atoms with Crippen molar-refractivity contribution in [2.24, 2.45) is 0 Å². The van der Waals surface area contributed by atoms with Crippen LogP contribution in [0.5, 0.6) is 0 Å². The molecule has 1 aliphatic rings. The summed E-state index contributed by atoms with van der Waals surface area (Å²) in [5.74, 6) is 0. The fourth-order valence-corrected chi connectivity index (χ4v) is 1.97. The molecule has 1 saturated heterocycles. The van der Waals surface area contributed by atoms with E-state index in [0.717, 1.165) is 12.1 Å². The Morgan fingerprint density at radius 1 is 1.17 bits per heavy atom. The summed E-state index contributed by atoms with van der Waals surface area (Å²) in [7, 11) is 2.23. The van der Waals surface area contributed by atoms with E-state index in [0.29, 0.717) is 0 Å². The molecule has 2 nitrogen and oxygen atoms in total. The highest BCUT2D eigenvalue weighted by Crippen LogP contribution is 2.12. The quantitative estimate of drug-likeness (QED) is 0.618. The van der Waals surface area contributed by atoms with Crippen LogP contribution in [0.25, 0.3) is 0 Å². The van der Waals surface area contributed by atoms with Crippen LogP contribution in [-0.4, -0.2) is 48.6 Å². The molecule has 0 N–H and O–H groups in total. The van der Waals surface area contributed by atoms with Crippen LogP contribution in [0.15, 0.2) is 0 Å². The van der Waals surface area contributed by atoms with Crippen molar-refractivity contribution in [2.45, 2.75) is 39.3 Å². The molecule has 0 saturated carbocycles. The van der Waals surface area contributed by atoms with E-state index in [1.54, 1.807) is 0 Å². The molecule has 1 rings (SSSR count). The molecule has 1 aliphatic heterocycles. The highest BCUT2D eigenvalue weighted by atomic mass is 15.3. The van der Waals surface area contributed by atoms with E-state index in [4.69, 9.17) is 0 Å². The van der Waals surface area contributed by atoms with Crippen LogP contribution in [-0.2, 0) is 0 Å². The molecule has 0 aromatic carbocycles. The fourth-order valence-electron chi connectivity index (χ4n) is 1.97. The average molecular weight is 170 g/mol. The van der Waals surface area contributed by atoms with E-state index >= 15 is 0 Å². The second kappa shape index (κ2) is 4.24. The Balaban J connectivity index is 2.43. The van der Waals surface area contributed by atoms with Crippen LogP contribution in [0.1, 0.15) is 27.2 Å². The summed E-state index contributed by atoms with van der Waals surface area (Å²) in [6.07, 6.45) is 1.28. The molecule has 1 heterocycles. The van der Waals surface area contributed by atoms with Gasteiger partial charge < -0.3 is 4.90 Å². The zero-order valence-corrected chi connectivity index (χ0v) is 8.88. The molecule has 0 radical (unpaired) electrons. The van der Waals surface area contributed by atoms with Crippen molar-refractivity contribution in [3.63, 3.8) is 0 Å². The normalized spacial score (nSPS) is 34.0. The van der Waals surface area contributed by atoms with Gasteiger partial charge in [-0.15, -0.1) is 0 Å². The van der Waals surface area contributed by atoms with Gasteiger partial charge in [0.05, 0.1) is 0 Å². The van der Waals surface area contributed by atoms with Crippen LogP contribution in [0.3, 0.4) is 0 Å². The van der Waals surface area contributed by atoms with Crippen LogP contribution >= 0.6 is 0 Å². The zero-order chi connectivity index (χ0) is 9.14. The van der Waals surface area contributed by atoms with Crippen molar-refractivity contribution in [3.8, 4) is 0 Å². The fraction of sp³-hybridized carbons (Fsp3) is 1.00. The minimum atomic E-state index is 0.729. The number of piperazine rings is 1. The monoisotopic (exact) mass is 170 g/mol. The Hall–Kier alpha value is -0.0800. The molecule has 12 heavy (non-hydrogen) atoms. The zero-order valence-electron chi connectivity index (χ0n) is 8.88. The second-order valence-corrected chi connectivity index (χ2v) is 4.13. The summed E-state index contributed by atoms with van der Waals surface area (Å²) in [6.45, 7) is 10.6. The number of rotatable bonds is 2. The maximum Gasteiger partial charge on any atom is 0.0195 e. The Morgan fingerprint density at radius 2 is 1.83 bits per heavy atom. The molecule has 0 unspecified atom stereocenters. The molecule has 2 atom stereocenters. The molecule has 0 spiro atoms. The molecular weight excluding hydrogens is 148 g/mol. The van der Waals surface area contributed by atoms with Gasteiger partial charge in [0.2, 0.25) is 0 Å². The van der Waals surface area contributed by atoms with Gasteiger partial charge in [0.1, 0.15) is 0 Å². The first-order valence-corrected chi connectivity index (χ1v) is 5.09. The van der Waals surface area contributed by atoms with E-state index in [2.05, 4.69) is 37.6 Å². The Labute approximate surface area is 76.5 Å². The molecule has 1 fully saturated rings. The van der Waals surface area contributed by atoms with Crippen molar-refractivity contribution in [2.75, 3.05) is 26.7 Å². The summed E-state index contributed by atoms with van der Waals surface area (Å²) in [4.78, 5) is 5.06. The summed E-state index contributed by atoms with van der Waals surface area (Å²) in [6, 6.07) is 1.47. The SMILES string of the molecule is CCCN1C[C@@H](C)N(C)C[C@@H]1C. The third kappa shape index (κ3) is 2.20. The second-order valence-electron chi connectivity index (χ2n) is 4.13. The molecule has 2 heteroatoms. The topological polar surface area (TPSA) is 6.48 Å². The maximum atomic E-state index is 2.60. The van der Waals surface area contributed by atoms with Crippen molar-refractivity contribution in [1.29, 1.82) is 0 Å². The molecule has 0 amide bonds. The van der Waals surface area contributed by atoms with E-state index < -0.39 is 0 Å². The standard InChI is InChI=1S/C10H22N2/c1-5-6-12-8-9(2)11(4)7-10(12)3/h9-10H,5-8H2,1-4H3/t9-,10+/m1/s1. The highest BCUT2D eigenvalue weighted by Gasteiger charge is 2.25. The van der Waals surface area contributed by atoms with Gasteiger partial charge in [-0.05, 0) is 33.9 Å². The minimum absolute atomic E-state index is 0.729. The Kier molecular flexibility index (Phi) is 3.53. The number of hydrogen-bond donors (Lipinski definition) is 0. The molecule has 0 bridgehead atoms. The maximum absolute atomic E-state index is 2.60. The van der Waals surface area contributed by atoms with E-state index in [-0.39, 0.29) is 0 Å². The first-order valence-electron chi connectivity index (χ1n) is 5.09. The van der Waals surface area contributed by atoms with Gasteiger partial charge >= 0.3 is 0 Å². The van der Waals surface area contributed by atoms with Crippen LogP contribution in [0, 0.1) is 0 Å².